The summed E-state index contributed by atoms with van der Waals surface area (Å²) in [4.78, 5) is 30.1. The van der Waals surface area contributed by atoms with Crippen LogP contribution in [-0.2, 0) is 32.6 Å². The van der Waals surface area contributed by atoms with Gasteiger partial charge in [-0.2, -0.15) is 0 Å². The molecule has 0 saturated heterocycles. The van der Waals surface area contributed by atoms with Gasteiger partial charge in [0.25, 0.3) is 10.0 Å². The van der Waals surface area contributed by atoms with Gasteiger partial charge in [-0.3, -0.25) is 13.9 Å². The van der Waals surface area contributed by atoms with Crippen LogP contribution in [0.3, 0.4) is 0 Å². The average Bonchev–Trinajstić information content (AvgIpc) is 3.03. The van der Waals surface area contributed by atoms with Crippen molar-refractivity contribution in [2.24, 2.45) is 0 Å². The van der Waals surface area contributed by atoms with Crippen LogP contribution in [0.15, 0.2) is 114 Å². The van der Waals surface area contributed by atoms with E-state index in [9.17, 15) is 18.0 Å². The van der Waals surface area contributed by atoms with Crippen LogP contribution in [0.5, 0.6) is 0 Å². The minimum Gasteiger partial charge on any atom is -0.352 e. The summed E-state index contributed by atoms with van der Waals surface area (Å²) < 4.78 is 29.4. The van der Waals surface area contributed by atoms with Crippen molar-refractivity contribution in [3.8, 4) is 0 Å². The van der Waals surface area contributed by atoms with E-state index >= 15 is 0 Å². The predicted molar refractivity (Wildman–Crippen MR) is 176 cm³/mol. The number of aryl methyl sites for hydroxylation is 2. The Hall–Kier alpha value is -4.43. The summed E-state index contributed by atoms with van der Waals surface area (Å²) in [7, 11) is -4.13. The summed E-state index contributed by atoms with van der Waals surface area (Å²) in [5.74, 6) is -0.755. The van der Waals surface area contributed by atoms with Gasteiger partial charge in [0.1, 0.15) is 12.6 Å². The molecule has 4 aromatic rings. The number of amides is 2. The molecule has 0 radical (unpaired) electrons. The van der Waals surface area contributed by atoms with Gasteiger partial charge in [0.15, 0.2) is 0 Å². The fourth-order valence-corrected chi connectivity index (χ4v) is 6.54. The molecule has 8 heteroatoms. The normalized spacial score (nSPS) is 12.6. The molecule has 2 amide bonds. The summed E-state index contributed by atoms with van der Waals surface area (Å²) in [6.45, 7) is 7.36. The van der Waals surface area contributed by atoms with Crippen LogP contribution in [-0.4, -0.2) is 43.8 Å². The fourth-order valence-electron chi connectivity index (χ4n) is 5.04. The zero-order chi connectivity index (χ0) is 31.7. The summed E-state index contributed by atoms with van der Waals surface area (Å²) >= 11 is 0. The van der Waals surface area contributed by atoms with E-state index in [0.717, 1.165) is 27.4 Å². The Bertz CT molecular complexity index is 1660. The third-order valence-electron chi connectivity index (χ3n) is 7.87. The van der Waals surface area contributed by atoms with E-state index in [2.05, 4.69) is 5.32 Å². The highest BCUT2D eigenvalue weighted by atomic mass is 32.2. The maximum atomic E-state index is 14.6. The topological polar surface area (TPSA) is 86.8 Å². The number of carbonyl (C=O) groups is 2. The molecular weight excluding hydrogens is 570 g/mol. The molecule has 0 aliphatic carbocycles. The van der Waals surface area contributed by atoms with Gasteiger partial charge in [0.2, 0.25) is 11.8 Å². The van der Waals surface area contributed by atoms with Crippen molar-refractivity contribution >= 4 is 27.5 Å². The first-order chi connectivity index (χ1) is 21.1. The third-order valence-corrected chi connectivity index (χ3v) is 9.64. The van der Waals surface area contributed by atoms with Crippen molar-refractivity contribution in [2.75, 3.05) is 10.8 Å². The van der Waals surface area contributed by atoms with E-state index in [-0.39, 0.29) is 29.8 Å². The van der Waals surface area contributed by atoms with Gasteiger partial charge < -0.3 is 10.2 Å². The van der Waals surface area contributed by atoms with Crippen molar-refractivity contribution in [1.82, 2.24) is 10.2 Å². The lowest BCUT2D eigenvalue weighted by atomic mass is 10.0. The van der Waals surface area contributed by atoms with Crippen LogP contribution in [0.1, 0.15) is 42.5 Å². The molecule has 0 aliphatic rings. The van der Waals surface area contributed by atoms with E-state index < -0.39 is 28.5 Å². The van der Waals surface area contributed by atoms with Gasteiger partial charge in [-0.25, -0.2) is 8.42 Å². The molecular formula is C36H41N3O4S. The van der Waals surface area contributed by atoms with Gasteiger partial charge in [0, 0.05) is 19.0 Å². The zero-order valence-electron chi connectivity index (χ0n) is 25.8. The van der Waals surface area contributed by atoms with Crippen LogP contribution >= 0.6 is 0 Å². The molecule has 0 spiro atoms. The van der Waals surface area contributed by atoms with E-state index in [4.69, 9.17) is 0 Å². The lowest BCUT2D eigenvalue weighted by Crippen LogP contribution is -2.54. The Morgan fingerprint density at radius 1 is 0.773 bits per heavy atom. The van der Waals surface area contributed by atoms with Crippen molar-refractivity contribution in [2.45, 2.75) is 64.1 Å². The smallest absolute Gasteiger partial charge is 0.264 e. The SMILES string of the molecule is CC[C@H](C)NC(=O)[C@@H](Cc1ccccc1)N(Cc1ccccc1C)C(=O)CN(c1ccccc1C)S(=O)(=O)c1ccccc1. The number of carbonyl (C=O) groups excluding carboxylic acids is 2. The minimum atomic E-state index is -4.13. The molecule has 1 N–H and O–H groups in total. The van der Waals surface area contributed by atoms with Crippen molar-refractivity contribution in [1.29, 1.82) is 0 Å². The van der Waals surface area contributed by atoms with Gasteiger partial charge in [-0.1, -0.05) is 97.9 Å². The standard InChI is InChI=1S/C36H41N3O4S/c1-5-29(4)37-36(41)34(24-30-18-8-6-9-19-30)38(25-31-20-14-12-16-27(31)2)35(40)26-39(33-23-15-13-17-28(33)3)44(42,43)32-21-10-7-11-22-32/h6-23,29,34H,5,24-26H2,1-4H3,(H,37,41)/t29-,34+/m0/s1. The summed E-state index contributed by atoms with van der Waals surface area (Å²) in [5.41, 5.74) is 3.86. The van der Waals surface area contributed by atoms with Gasteiger partial charge in [0.05, 0.1) is 10.6 Å². The lowest BCUT2D eigenvalue weighted by molar-refractivity contribution is -0.140. The predicted octanol–water partition coefficient (Wildman–Crippen LogP) is 6.05. The van der Waals surface area contributed by atoms with E-state index in [1.807, 2.05) is 94.4 Å². The number of anilines is 1. The molecule has 2 atom stereocenters. The number of para-hydroxylation sites is 1. The summed E-state index contributed by atoms with van der Waals surface area (Å²) in [6, 6.07) is 31.5. The first kappa shape index (κ1) is 32.5. The summed E-state index contributed by atoms with van der Waals surface area (Å²) in [6.07, 6.45) is 1.00. The largest absolute Gasteiger partial charge is 0.352 e. The third kappa shape index (κ3) is 7.94. The Kier molecular flexibility index (Phi) is 11.0. The minimum absolute atomic E-state index is 0.0804. The van der Waals surface area contributed by atoms with E-state index in [0.29, 0.717) is 11.3 Å². The molecule has 0 fully saturated rings. The van der Waals surface area contributed by atoms with Gasteiger partial charge >= 0.3 is 0 Å². The van der Waals surface area contributed by atoms with Crippen molar-refractivity contribution in [3.05, 3.63) is 131 Å². The van der Waals surface area contributed by atoms with Crippen LogP contribution in [0.4, 0.5) is 5.69 Å². The maximum absolute atomic E-state index is 14.6. The molecule has 0 bridgehead atoms. The number of sulfonamides is 1. The van der Waals surface area contributed by atoms with Crippen LogP contribution < -0.4 is 9.62 Å². The fraction of sp³-hybridized carbons (Fsp3) is 0.278. The highest BCUT2D eigenvalue weighted by molar-refractivity contribution is 7.92. The summed E-state index contributed by atoms with van der Waals surface area (Å²) in [5, 5.41) is 3.07. The zero-order valence-corrected chi connectivity index (χ0v) is 26.6. The molecule has 0 aromatic heterocycles. The van der Waals surface area contributed by atoms with E-state index in [1.165, 1.54) is 12.1 Å². The number of rotatable bonds is 13. The van der Waals surface area contributed by atoms with E-state index in [1.54, 1.807) is 35.2 Å². The molecule has 4 aromatic carbocycles. The highest BCUT2D eigenvalue weighted by Crippen LogP contribution is 2.28. The first-order valence-electron chi connectivity index (χ1n) is 14.9. The molecule has 230 valence electrons. The second-order valence-electron chi connectivity index (χ2n) is 11.1. The Morgan fingerprint density at radius 2 is 1.34 bits per heavy atom. The molecule has 0 aliphatic heterocycles. The molecule has 0 saturated carbocycles. The molecule has 7 nitrogen and oxygen atoms in total. The number of nitrogens with zero attached hydrogens (tertiary/aromatic N) is 2. The number of hydrogen-bond donors (Lipinski definition) is 1. The lowest BCUT2D eigenvalue weighted by Gasteiger charge is -2.35. The Balaban J connectivity index is 1.82. The van der Waals surface area contributed by atoms with Gasteiger partial charge in [-0.15, -0.1) is 0 Å². The van der Waals surface area contributed by atoms with Crippen LogP contribution in [0.2, 0.25) is 0 Å². The van der Waals surface area contributed by atoms with Crippen LogP contribution in [0, 0.1) is 13.8 Å². The highest BCUT2D eigenvalue weighted by Gasteiger charge is 2.35. The quantitative estimate of drug-likeness (QED) is 0.199. The maximum Gasteiger partial charge on any atom is 0.264 e. The molecule has 0 unspecified atom stereocenters. The van der Waals surface area contributed by atoms with Crippen molar-refractivity contribution < 1.29 is 18.0 Å². The number of hydrogen-bond acceptors (Lipinski definition) is 4. The van der Waals surface area contributed by atoms with Crippen LogP contribution in [0.25, 0.3) is 0 Å². The number of benzene rings is 4. The Labute approximate surface area is 261 Å². The second-order valence-corrected chi connectivity index (χ2v) is 12.9. The molecule has 0 heterocycles. The average molecular weight is 612 g/mol. The molecule has 44 heavy (non-hydrogen) atoms. The first-order valence-corrected chi connectivity index (χ1v) is 16.4. The Morgan fingerprint density at radius 3 is 1.95 bits per heavy atom. The monoisotopic (exact) mass is 611 g/mol. The second kappa shape index (κ2) is 14.8. The molecule has 4 rings (SSSR count). The van der Waals surface area contributed by atoms with Gasteiger partial charge in [-0.05, 0) is 67.6 Å². The number of nitrogens with one attached hydrogen (secondary N) is 1. The van der Waals surface area contributed by atoms with Crippen molar-refractivity contribution in [3.63, 3.8) is 0 Å².